The van der Waals surface area contributed by atoms with Gasteiger partial charge in [-0.05, 0) is 6.42 Å². The van der Waals surface area contributed by atoms with E-state index in [2.05, 4.69) is 5.32 Å². The second-order valence-electron chi connectivity index (χ2n) is 3.07. The zero-order valence-electron chi connectivity index (χ0n) is 7.17. The molecule has 1 aliphatic heterocycles. The van der Waals surface area contributed by atoms with Gasteiger partial charge in [-0.3, -0.25) is 14.5 Å². The van der Waals surface area contributed by atoms with E-state index in [0.717, 1.165) is 19.5 Å². The number of hydrogen-bond donors (Lipinski definition) is 1. The minimum absolute atomic E-state index is 0.00284. The molecule has 4 heteroatoms. The standard InChI is InChI=1S/C8H13N2O2/c1-7(12)9-8-2-3-10(6-8)4-5-11/h8H,2-4,6H2,1H3,(H,9,12). The van der Waals surface area contributed by atoms with E-state index in [9.17, 15) is 9.59 Å². The summed E-state index contributed by atoms with van der Waals surface area (Å²) in [7, 11) is 0. The van der Waals surface area contributed by atoms with Crippen molar-refractivity contribution in [3.8, 4) is 0 Å². The van der Waals surface area contributed by atoms with Crippen LogP contribution in [0.5, 0.6) is 0 Å². The molecule has 0 aliphatic carbocycles. The van der Waals surface area contributed by atoms with Crippen molar-refractivity contribution in [3.05, 3.63) is 0 Å². The van der Waals surface area contributed by atoms with Crippen molar-refractivity contribution in [2.45, 2.75) is 19.4 Å². The molecule has 1 fully saturated rings. The first-order valence-electron chi connectivity index (χ1n) is 4.07. The van der Waals surface area contributed by atoms with Crippen LogP contribution in [0.15, 0.2) is 0 Å². The molecule has 1 saturated heterocycles. The summed E-state index contributed by atoms with van der Waals surface area (Å²) in [4.78, 5) is 22.7. The van der Waals surface area contributed by atoms with Crippen LogP contribution in [0.4, 0.5) is 0 Å². The first-order chi connectivity index (χ1) is 5.72. The van der Waals surface area contributed by atoms with Crippen LogP contribution in [-0.4, -0.2) is 42.8 Å². The van der Waals surface area contributed by atoms with Gasteiger partial charge < -0.3 is 5.32 Å². The number of nitrogens with one attached hydrogen (secondary N) is 1. The molecule has 1 radical (unpaired) electrons. The monoisotopic (exact) mass is 169 g/mol. The number of nitrogens with zero attached hydrogens (tertiary/aromatic N) is 1. The Morgan fingerprint density at radius 2 is 2.50 bits per heavy atom. The average molecular weight is 169 g/mol. The highest BCUT2D eigenvalue weighted by atomic mass is 16.1. The van der Waals surface area contributed by atoms with Crippen molar-refractivity contribution < 1.29 is 9.59 Å². The van der Waals surface area contributed by atoms with Crippen LogP contribution in [0.3, 0.4) is 0 Å². The fourth-order valence-corrected chi connectivity index (χ4v) is 1.47. The number of likely N-dealkylation sites (tertiary alicyclic amines) is 1. The molecule has 1 atom stereocenters. The van der Waals surface area contributed by atoms with E-state index in [-0.39, 0.29) is 11.9 Å². The lowest BCUT2D eigenvalue weighted by molar-refractivity contribution is -0.119. The Hall–Kier alpha value is -0.900. The van der Waals surface area contributed by atoms with Crippen molar-refractivity contribution >= 4 is 12.2 Å². The largest absolute Gasteiger partial charge is 0.352 e. The van der Waals surface area contributed by atoms with E-state index in [1.165, 1.54) is 6.92 Å². The summed E-state index contributed by atoms with van der Waals surface area (Å²) in [5.41, 5.74) is 0. The molecule has 1 N–H and O–H groups in total. The summed E-state index contributed by atoms with van der Waals surface area (Å²) in [6.45, 7) is 3.51. The lowest BCUT2D eigenvalue weighted by Crippen LogP contribution is -2.35. The maximum absolute atomic E-state index is 10.7. The summed E-state index contributed by atoms with van der Waals surface area (Å²) in [5.74, 6) is -0.00284. The zero-order chi connectivity index (χ0) is 8.97. The number of carbonyl (C=O) groups excluding carboxylic acids is 2. The molecule has 0 saturated carbocycles. The smallest absolute Gasteiger partial charge is 0.217 e. The molecule has 1 unspecified atom stereocenters. The Morgan fingerprint density at radius 3 is 3.08 bits per heavy atom. The lowest BCUT2D eigenvalue weighted by atomic mass is 10.3. The van der Waals surface area contributed by atoms with E-state index in [0.29, 0.717) is 6.54 Å². The molecular weight excluding hydrogens is 156 g/mol. The van der Waals surface area contributed by atoms with Crippen LogP contribution in [0.2, 0.25) is 0 Å². The Kier molecular flexibility index (Phi) is 3.22. The van der Waals surface area contributed by atoms with Gasteiger partial charge in [0.25, 0.3) is 0 Å². The number of amides is 1. The summed E-state index contributed by atoms with van der Waals surface area (Å²) < 4.78 is 0. The molecule has 1 amide bonds. The van der Waals surface area contributed by atoms with Crippen LogP contribution in [-0.2, 0) is 9.59 Å². The van der Waals surface area contributed by atoms with Crippen LogP contribution in [0, 0.1) is 0 Å². The highest BCUT2D eigenvalue weighted by Crippen LogP contribution is 2.07. The van der Waals surface area contributed by atoms with Crippen LogP contribution in [0.1, 0.15) is 13.3 Å². The van der Waals surface area contributed by atoms with E-state index in [1.807, 2.05) is 11.2 Å². The minimum Gasteiger partial charge on any atom is -0.352 e. The van der Waals surface area contributed by atoms with Gasteiger partial charge >= 0.3 is 0 Å². The zero-order valence-corrected chi connectivity index (χ0v) is 7.17. The van der Waals surface area contributed by atoms with Crippen molar-refractivity contribution in [3.63, 3.8) is 0 Å². The Balaban J connectivity index is 2.25. The van der Waals surface area contributed by atoms with E-state index in [1.54, 1.807) is 0 Å². The molecule has 67 valence electrons. The maximum Gasteiger partial charge on any atom is 0.217 e. The predicted octanol–water partition coefficient (Wildman–Crippen LogP) is -0.693. The first kappa shape index (κ1) is 9.19. The second kappa shape index (κ2) is 4.21. The van der Waals surface area contributed by atoms with Gasteiger partial charge in [0.15, 0.2) is 0 Å². The van der Waals surface area contributed by atoms with Gasteiger partial charge in [0.1, 0.15) is 0 Å². The van der Waals surface area contributed by atoms with E-state index in [4.69, 9.17) is 0 Å². The number of carbonyl (C=O) groups is 1. The second-order valence-corrected chi connectivity index (χ2v) is 3.07. The van der Waals surface area contributed by atoms with Gasteiger partial charge in [-0.25, -0.2) is 0 Å². The summed E-state index contributed by atoms with van der Waals surface area (Å²) in [6, 6.07) is 0.218. The highest BCUT2D eigenvalue weighted by molar-refractivity contribution is 5.73. The third-order valence-corrected chi connectivity index (χ3v) is 1.97. The van der Waals surface area contributed by atoms with Crippen LogP contribution in [0.25, 0.3) is 0 Å². The third-order valence-electron chi connectivity index (χ3n) is 1.97. The normalized spacial score (nSPS) is 23.9. The molecular formula is C8H13N2O2. The maximum atomic E-state index is 10.7. The van der Waals surface area contributed by atoms with Gasteiger partial charge in [0.2, 0.25) is 12.2 Å². The molecule has 12 heavy (non-hydrogen) atoms. The van der Waals surface area contributed by atoms with E-state index >= 15 is 0 Å². The number of rotatable bonds is 3. The fourth-order valence-electron chi connectivity index (χ4n) is 1.47. The number of hydrogen-bond acceptors (Lipinski definition) is 3. The fraction of sp³-hybridized carbons (Fsp3) is 0.750. The SMILES string of the molecule is CC(=O)NC1CCN(C[C]=O)C1. The molecule has 1 aliphatic rings. The average Bonchev–Trinajstić information content (AvgIpc) is 2.36. The topological polar surface area (TPSA) is 49.4 Å². The summed E-state index contributed by atoms with van der Waals surface area (Å²) >= 11 is 0. The Labute approximate surface area is 71.9 Å². The lowest BCUT2D eigenvalue weighted by Gasteiger charge is -2.12. The molecule has 0 aromatic rings. The van der Waals surface area contributed by atoms with Gasteiger partial charge in [-0.1, -0.05) is 0 Å². The quantitative estimate of drug-likeness (QED) is 0.608. The van der Waals surface area contributed by atoms with Crippen molar-refractivity contribution in [2.24, 2.45) is 0 Å². The first-order valence-corrected chi connectivity index (χ1v) is 4.07. The Bertz CT molecular complexity index is 182. The highest BCUT2D eigenvalue weighted by Gasteiger charge is 2.22. The molecule has 4 nitrogen and oxygen atoms in total. The molecule has 0 bridgehead atoms. The predicted molar refractivity (Wildman–Crippen MR) is 44.4 cm³/mol. The molecule has 0 aromatic carbocycles. The summed E-state index contributed by atoms with van der Waals surface area (Å²) in [6.07, 6.45) is 2.78. The van der Waals surface area contributed by atoms with Crippen molar-refractivity contribution in [2.75, 3.05) is 19.6 Å². The van der Waals surface area contributed by atoms with Crippen molar-refractivity contribution in [1.82, 2.24) is 10.2 Å². The van der Waals surface area contributed by atoms with Gasteiger partial charge in [-0.15, -0.1) is 0 Å². The Morgan fingerprint density at radius 1 is 1.75 bits per heavy atom. The van der Waals surface area contributed by atoms with Gasteiger partial charge in [0, 0.05) is 26.1 Å². The van der Waals surface area contributed by atoms with Crippen molar-refractivity contribution in [1.29, 1.82) is 0 Å². The molecule has 1 rings (SSSR count). The van der Waals surface area contributed by atoms with Crippen LogP contribution >= 0.6 is 0 Å². The third kappa shape index (κ3) is 2.62. The molecule has 1 heterocycles. The minimum atomic E-state index is -0.00284. The molecule has 0 aromatic heterocycles. The van der Waals surface area contributed by atoms with Crippen LogP contribution < -0.4 is 5.32 Å². The van der Waals surface area contributed by atoms with E-state index < -0.39 is 0 Å². The van der Waals surface area contributed by atoms with Gasteiger partial charge in [0.05, 0.1) is 6.54 Å². The molecule has 0 spiro atoms. The summed E-state index contributed by atoms with van der Waals surface area (Å²) in [5, 5.41) is 2.82. The van der Waals surface area contributed by atoms with Gasteiger partial charge in [-0.2, -0.15) is 0 Å².